The number of hydrogen-bond acceptors (Lipinski definition) is 4. The van der Waals surface area contributed by atoms with E-state index in [4.69, 9.17) is 0 Å². The number of nitrogens with zero attached hydrogens (tertiary/aromatic N) is 1. The van der Waals surface area contributed by atoms with Gasteiger partial charge in [0.2, 0.25) is 5.91 Å². The molecule has 1 amide bonds. The summed E-state index contributed by atoms with van der Waals surface area (Å²) in [5.41, 5.74) is 2.09. The Bertz CT molecular complexity index is 787. The zero-order valence-corrected chi connectivity index (χ0v) is 16.3. The number of aromatic amines is 1. The first-order chi connectivity index (χ1) is 11.6. The van der Waals surface area contributed by atoms with Crippen LogP contribution in [0.5, 0.6) is 0 Å². The molecule has 7 heteroatoms. The smallest absolute Gasteiger partial charge is 0.548 e. The second-order valence-electron chi connectivity index (χ2n) is 6.68. The standard InChI is InChI=1S/C18H21N3O3.Na/c22-17(15-6-7-16(18(23)24)21(15)12-4-5-12)20-10-11-2-1-3-14-13(11)8-9-19-14;/h1-3,8-9,12,15-16,19H,4-7,10H2,(H,20,22)(H,23,24);/q;+1/p-1. The molecule has 2 atom stereocenters. The number of carbonyl (C=O) groups excluding carboxylic acids is 2. The Morgan fingerprint density at radius 1 is 1.16 bits per heavy atom. The van der Waals surface area contributed by atoms with E-state index < -0.39 is 12.0 Å². The van der Waals surface area contributed by atoms with Crippen LogP contribution in [0.25, 0.3) is 10.9 Å². The third kappa shape index (κ3) is 3.62. The van der Waals surface area contributed by atoms with Gasteiger partial charge >= 0.3 is 29.6 Å². The van der Waals surface area contributed by atoms with E-state index in [2.05, 4.69) is 10.3 Å². The molecule has 1 aromatic carbocycles. The van der Waals surface area contributed by atoms with E-state index in [0.717, 1.165) is 29.3 Å². The fourth-order valence-corrected chi connectivity index (χ4v) is 3.82. The minimum absolute atomic E-state index is 0. The first-order valence-corrected chi connectivity index (χ1v) is 8.46. The number of aliphatic carboxylic acids is 1. The van der Waals surface area contributed by atoms with Gasteiger partial charge in [-0.2, -0.15) is 0 Å². The Balaban J connectivity index is 0.00000182. The molecule has 2 aliphatic rings. The van der Waals surface area contributed by atoms with Crippen molar-refractivity contribution in [2.24, 2.45) is 0 Å². The molecule has 1 aliphatic heterocycles. The summed E-state index contributed by atoms with van der Waals surface area (Å²) in [5, 5.41) is 15.4. The molecule has 2 fully saturated rings. The number of carboxylic acid groups (broad SMARTS) is 1. The van der Waals surface area contributed by atoms with Gasteiger partial charge in [0.15, 0.2) is 0 Å². The van der Waals surface area contributed by atoms with Gasteiger partial charge in [-0.3, -0.25) is 9.69 Å². The molecule has 1 aromatic heterocycles. The number of aromatic nitrogens is 1. The van der Waals surface area contributed by atoms with E-state index >= 15 is 0 Å². The zero-order chi connectivity index (χ0) is 16.7. The number of rotatable bonds is 5. The minimum atomic E-state index is -1.06. The third-order valence-electron chi connectivity index (χ3n) is 5.11. The van der Waals surface area contributed by atoms with Crippen molar-refractivity contribution < 1.29 is 44.3 Å². The molecule has 126 valence electrons. The molecule has 4 rings (SSSR count). The van der Waals surface area contributed by atoms with Crippen molar-refractivity contribution in [2.75, 3.05) is 0 Å². The van der Waals surface area contributed by atoms with E-state index in [1.54, 1.807) is 0 Å². The average molecular weight is 349 g/mol. The first kappa shape index (κ1) is 18.5. The molecule has 0 bridgehead atoms. The Morgan fingerprint density at radius 3 is 2.64 bits per heavy atom. The van der Waals surface area contributed by atoms with Crippen molar-refractivity contribution in [3.63, 3.8) is 0 Å². The quantitative estimate of drug-likeness (QED) is 0.586. The number of benzene rings is 1. The predicted molar refractivity (Wildman–Crippen MR) is 86.8 cm³/mol. The second-order valence-corrected chi connectivity index (χ2v) is 6.68. The monoisotopic (exact) mass is 349 g/mol. The van der Waals surface area contributed by atoms with Gasteiger partial charge in [-0.05, 0) is 43.4 Å². The molecule has 1 saturated carbocycles. The summed E-state index contributed by atoms with van der Waals surface area (Å²) >= 11 is 0. The van der Waals surface area contributed by atoms with Gasteiger partial charge in [0.05, 0.1) is 18.1 Å². The van der Waals surface area contributed by atoms with Gasteiger partial charge in [-0.25, -0.2) is 0 Å². The maximum atomic E-state index is 12.6. The number of carbonyl (C=O) groups is 2. The van der Waals surface area contributed by atoms with E-state index in [-0.39, 0.29) is 47.5 Å². The van der Waals surface area contributed by atoms with Gasteiger partial charge in [-0.1, -0.05) is 12.1 Å². The Kier molecular flexibility index (Phi) is 5.53. The van der Waals surface area contributed by atoms with Crippen LogP contribution in [0.2, 0.25) is 0 Å². The van der Waals surface area contributed by atoms with E-state index in [9.17, 15) is 14.7 Å². The van der Waals surface area contributed by atoms with Crippen molar-refractivity contribution in [2.45, 2.75) is 50.4 Å². The van der Waals surface area contributed by atoms with Gasteiger partial charge < -0.3 is 20.2 Å². The molecule has 2 N–H and O–H groups in total. The van der Waals surface area contributed by atoms with Gasteiger partial charge in [0.1, 0.15) is 0 Å². The normalized spacial score (nSPS) is 23.4. The average Bonchev–Trinajstić information content (AvgIpc) is 3.12. The molecule has 2 aromatic rings. The van der Waals surface area contributed by atoms with Crippen LogP contribution in [0.1, 0.15) is 31.2 Å². The number of nitrogens with one attached hydrogen (secondary N) is 2. The number of amides is 1. The molecule has 6 nitrogen and oxygen atoms in total. The molecule has 0 radical (unpaired) electrons. The third-order valence-corrected chi connectivity index (χ3v) is 5.11. The first-order valence-electron chi connectivity index (χ1n) is 8.46. The molecular weight excluding hydrogens is 329 g/mol. The number of likely N-dealkylation sites (tertiary alicyclic amines) is 1. The van der Waals surface area contributed by atoms with Crippen LogP contribution in [-0.4, -0.2) is 39.9 Å². The molecule has 1 saturated heterocycles. The summed E-state index contributed by atoms with van der Waals surface area (Å²) in [6.45, 7) is 0.443. The number of hydrogen-bond donors (Lipinski definition) is 2. The molecule has 2 unspecified atom stereocenters. The van der Waals surface area contributed by atoms with Gasteiger partial charge in [-0.15, -0.1) is 0 Å². The maximum Gasteiger partial charge on any atom is 1.00 e. The maximum absolute atomic E-state index is 12.6. The van der Waals surface area contributed by atoms with Crippen molar-refractivity contribution in [3.8, 4) is 0 Å². The summed E-state index contributed by atoms with van der Waals surface area (Å²) < 4.78 is 0. The topological polar surface area (TPSA) is 88.3 Å². The van der Waals surface area contributed by atoms with Crippen LogP contribution < -0.4 is 40.0 Å². The van der Waals surface area contributed by atoms with Crippen molar-refractivity contribution in [1.82, 2.24) is 15.2 Å². The number of fused-ring (bicyclic) bond motifs is 1. The van der Waals surface area contributed by atoms with E-state index in [1.807, 2.05) is 35.4 Å². The molecular formula is C18H20N3NaO3. The van der Waals surface area contributed by atoms with Crippen molar-refractivity contribution in [1.29, 1.82) is 0 Å². The van der Waals surface area contributed by atoms with Crippen molar-refractivity contribution in [3.05, 3.63) is 36.0 Å². The van der Waals surface area contributed by atoms with Crippen LogP contribution in [0.15, 0.2) is 30.5 Å². The Hall–Kier alpha value is -1.34. The second kappa shape index (κ2) is 7.50. The number of H-pyrrole nitrogens is 1. The largest absolute Gasteiger partial charge is 1.00 e. The summed E-state index contributed by atoms with van der Waals surface area (Å²) in [5.74, 6) is -1.15. The van der Waals surface area contributed by atoms with Gasteiger partial charge in [0.25, 0.3) is 0 Å². The van der Waals surface area contributed by atoms with Crippen LogP contribution >= 0.6 is 0 Å². The fraction of sp³-hybridized carbons (Fsp3) is 0.444. The summed E-state index contributed by atoms with van der Waals surface area (Å²) in [4.78, 5) is 29.0. The predicted octanol–water partition coefficient (Wildman–Crippen LogP) is -2.47. The molecule has 0 spiro atoms. The zero-order valence-electron chi connectivity index (χ0n) is 14.3. The molecule has 25 heavy (non-hydrogen) atoms. The molecule has 1 aliphatic carbocycles. The van der Waals surface area contributed by atoms with Crippen LogP contribution in [0.3, 0.4) is 0 Å². The van der Waals surface area contributed by atoms with Crippen LogP contribution in [0.4, 0.5) is 0 Å². The SMILES string of the molecule is O=C([O-])C1CCC(C(=O)NCc2cccc3[nH]ccc23)N1C1CC1.[Na+]. The fourth-order valence-electron chi connectivity index (χ4n) is 3.82. The van der Waals surface area contributed by atoms with Crippen molar-refractivity contribution >= 4 is 22.8 Å². The molecule has 2 heterocycles. The van der Waals surface area contributed by atoms with Gasteiger partial charge in [0, 0.05) is 29.7 Å². The van der Waals surface area contributed by atoms with Crippen LogP contribution in [-0.2, 0) is 16.1 Å². The summed E-state index contributed by atoms with van der Waals surface area (Å²) in [6.07, 6.45) is 4.89. The van der Waals surface area contributed by atoms with Crippen LogP contribution in [0, 0.1) is 0 Å². The van der Waals surface area contributed by atoms with E-state index in [1.165, 1.54) is 0 Å². The minimum Gasteiger partial charge on any atom is -0.548 e. The summed E-state index contributed by atoms with van der Waals surface area (Å²) in [6, 6.07) is 7.18. The summed E-state index contributed by atoms with van der Waals surface area (Å²) in [7, 11) is 0. The number of carboxylic acids is 1. The Morgan fingerprint density at radius 2 is 1.92 bits per heavy atom. The van der Waals surface area contributed by atoms with E-state index in [0.29, 0.717) is 19.4 Å². The Labute approximate surface area is 168 Å².